The second-order valence-corrected chi connectivity index (χ2v) is 5.23. The van der Waals surface area contributed by atoms with Crippen LogP contribution in [0, 0.1) is 5.39 Å². The van der Waals surface area contributed by atoms with Gasteiger partial charge in [0.05, 0.1) is 18.5 Å². The third kappa shape index (κ3) is 3.10. The molecule has 0 aromatic heterocycles. The summed E-state index contributed by atoms with van der Waals surface area (Å²) in [4.78, 5) is 3.01. The van der Waals surface area contributed by atoms with E-state index in [2.05, 4.69) is 4.98 Å². The lowest BCUT2D eigenvalue weighted by Gasteiger charge is -2.27. The number of para-hydroxylation sites is 1. The molecule has 108 valence electrons. The van der Waals surface area contributed by atoms with Crippen LogP contribution < -0.4 is 9.04 Å². The third-order valence-electron chi connectivity index (χ3n) is 2.72. The molecule has 0 radical (unpaired) electrons. The Bertz CT molecular complexity index is 785. The molecule has 0 heterocycles. The molecule has 2 aromatic carbocycles. The number of hydrogen-bond acceptors (Lipinski definition) is 5. The van der Waals surface area contributed by atoms with Gasteiger partial charge in [-0.1, -0.05) is 18.2 Å². The van der Waals surface area contributed by atoms with Crippen LogP contribution in [-0.4, -0.2) is 20.1 Å². The van der Waals surface area contributed by atoms with E-state index < -0.39 is 10.3 Å². The molecule has 2 rings (SSSR count). The monoisotopic (exact) mass is 305 g/mol. The van der Waals surface area contributed by atoms with Crippen molar-refractivity contribution in [3.63, 3.8) is 0 Å². The summed E-state index contributed by atoms with van der Waals surface area (Å²) in [6.45, 7) is 0. The molecule has 21 heavy (non-hydrogen) atoms. The van der Waals surface area contributed by atoms with Crippen molar-refractivity contribution in [3.8, 4) is 5.75 Å². The van der Waals surface area contributed by atoms with Gasteiger partial charge in [0.1, 0.15) is 0 Å². The number of rotatable bonds is 4. The summed E-state index contributed by atoms with van der Waals surface area (Å²) in [5.74, 6) is 0.139. The summed E-state index contributed by atoms with van der Waals surface area (Å²) in [5.41, 5.74) is 0.404. The maximum Gasteiger partial charge on any atom is 0.426 e. The molecule has 0 unspecified atom stereocenters. The molecule has 0 N–H and O–H groups in total. The Balaban J connectivity index is 2.62. The van der Waals surface area contributed by atoms with Gasteiger partial charge in [-0.25, -0.2) is 12.7 Å². The summed E-state index contributed by atoms with van der Waals surface area (Å²) in [5, 5.41) is 8.81. The van der Waals surface area contributed by atoms with Gasteiger partial charge >= 0.3 is 5.69 Å². The number of hydrogen-bond donors (Lipinski definition) is 0. The summed E-state index contributed by atoms with van der Waals surface area (Å²) < 4.78 is 40.3. The summed E-state index contributed by atoms with van der Waals surface area (Å²) in [6, 6.07) is 11.9. The first-order valence-corrected chi connectivity index (χ1v) is 7.18. The molecule has 0 atom stereocenters. The topological polar surface area (TPSA) is 97.8 Å². The van der Waals surface area contributed by atoms with Crippen LogP contribution in [0.15, 0.2) is 48.5 Å². The van der Waals surface area contributed by atoms with Crippen molar-refractivity contribution < 1.29 is 17.7 Å². The van der Waals surface area contributed by atoms with Crippen molar-refractivity contribution in [3.05, 3.63) is 53.5 Å². The van der Waals surface area contributed by atoms with Crippen molar-refractivity contribution in [2.75, 3.05) is 11.4 Å². The molecule has 7 nitrogen and oxygen atoms in total. The average Bonchev–Trinajstić information content (AvgIpc) is 2.47. The van der Waals surface area contributed by atoms with Crippen LogP contribution in [0.4, 0.5) is 17.1 Å². The van der Waals surface area contributed by atoms with Gasteiger partial charge in [0.2, 0.25) is 11.1 Å². The van der Waals surface area contributed by atoms with E-state index in [9.17, 15) is 13.0 Å². The van der Waals surface area contributed by atoms with Crippen molar-refractivity contribution in [1.82, 2.24) is 0 Å². The summed E-state index contributed by atoms with van der Waals surface area (Å²) in [6.07, 6.45) is 0. The first-order valence-electron chi connectivity index (χ1n) is 5.81. The molecule has 0 aliphatic carbocycles. The minimum Gasteiger partial charge on any atom is -0.731 e. The fraction of sp³-hybridized carbons (Fsp3) is 0.0769. The van der Waals surface area contributed by atoms with Crippen LogP contribution >= 0.6 is 0 Å². The van der Waals surface area contributed by atoms with E-state index in [-0.39, 0.29) is 22.8 Å². The van der Waals surface area contributed by atoms with Crippen molar-refractivity contribution in [2.24, 2.45) is 0 Å². The molecule has 0 bridgehead atoms. The Morgan fingerprint density at radius 1 is 1.14 bits per heavy atom. The first-order chi connectivity index (χ1) is 9.97. The molecule has 0 saturated heterocycles. The summed E-state index contributed by atoms with van der Waals surface area (Å²) >= 11 is 0. The Labute approximate surface area is 121 Å². The molecule has 8 heteroatoms. The normalized spacial score (nSPS) is 10.7. The Hall–Kier alpha value is -2.63. The highest BCUT2D eigenvalue weighted by atomic mass is 32.2. The zero-order chi connectivity index (χ0) is 15.5. The van der Waals surface area contributed by atoms with Gasteiger partial charge in [0.15, 0.2) is 15.3 Å². The van der Waals surface area contributed by atoms with Gasteiger partial charge in [0.25, 0.3) is 0 Å². The molecule has 0 spiro atoms. The predicted molar refractivity (Wildman–Crippen MR) is 76.0 cm³/mol. The molecular formula is C13H11N3O4S. The molecule has 2 aromatic rings. The van der Waals surface area contributed by atoms with Crippen LogP contribution in [0.25, 0.3) is 4.98 Å². The minimum atomic E-state index is -4.78. The van der Waals surface area contributed by atoms with E-state index in [1.807, 2.05) is 0 Å². The second-order valence-electron chi connectivity index (χ2n) is 4.01. The number of methoxy groups -OCH3 is 1. The van der Waals surface area contributed by atoms with Gasteiger partial charge in [0, 0.05) is 12.1 Å². The highest BCUT2D eigenvalue weighted by Gasteiger charge is 2.21. The quantitative estimate of drug-likeness (QED) is 0.639. The standard InChI is InChI=1S/C13H11N3O4S/c1-20-13-9-11(7-8-12(13)15-14)16(21(17,18)19)10-5-3-2-4-6-10/h2-9H,1H3. The average molecular weight is 305 g/mol. The minimum absolute atomic E-state index is 0.0838. The van der Waals surface area contributed by atoms with Gasteiger partial charge in [-0.15, -0.1) is 0 Å². The van der Waals surface area contributed by atoms with Crippen molar-refractivity contribution in [2.45, 2.75) is 0 Å². The number of anilines is 2. The number of nitrogens with zero attached hydrogens (tertiary/aromatic N) is 3. The Kier molecular flexibility index (Phi) is 4.07. The Morgan fingerprint density at radius 3 is 2.33 bits per heavy atom. The lowest BCUT2D eigenvalue weighted by molar-refractivity contribution is 0.417. The molecule has 0 saturated carbocycles. The van der Waals surface area contributed by atoms with E-state index in [1.165, 1.54) is 37.4 Å². The molecule has 0 fully saturated rings. The summed E-state index contributed by atoms with van der Waals surface area (Å²) in [7, 11) is -3.44. The molecule has 0 amide bonds. The SMILES string of the molecule is COc1cc(N(c2ccccc2)S(=O)(=O)[O-])ccc1[N+]#N. The zero-order valence-electron chi connectivity index (χ0n) is 11.0. The van der Waals surface area contributed by atoms with Gasteiger partial charge in [-0.05, 0) is 18.2 Å². The molecular weight excluding hydrogens is 294 g/mol. The van der Waals surface area contributed by atoms with E-state index in [0.717, 1.165) is 0 Å². The van der Waals surface area contributed by atoms with Crippen LogP contribution in [0.5, 0.6) is 5.75 Å². The Morgan fingerprint density at radius 2 is 1.81 bits per heavy atom. The van der Waals surface area contributed by atoms with Crippen LogP contribution in [-0.2, 0) is 10.3 Å². The maximum absolute atomic E-state index is 11.5. The fourth-order valence-electron chi connectivity index (χ4n) is 1.85. The zero-order valence-corrected chi connectivity index (χ0v) is 11.8. The maximum atomic E-state index is 11.5. The first kappa shape index (κ1) is 14.8. The number of benzene rings is 2. The van der Waals surface area contributed by atoms with E-state index >= 15 is 0 Å². The van der Waals surface area contributed by atoms with E-state index in [0.29, 0.717) is 4.31 Å². The lowest BCUT2D eigenvalue weighted by Crippen LogP contribution is -2.25. The van der Waals surface area contributed by atoms with Gasteiger partial charge < -0.3 is 9.29 Å². The highest BCUT2D eigenvalue weighted by Crippen LogP contribution is 2.35. The van der Waals surface area contributed by atoms with E-state index in [4.69, 9.17) is 10.1 Å². The lowest BCUT2D eigenvalue weighted by atomic mass is 10.2. The largest absolute Gasteiger partial charge is 0.731 e. The van der Waals surface area contributed by atoms with Crippen molar-refractivity contribution >= 4 is 27.4 Å². The van der Waals surface area contributed by atoms with Crippen molar-refractivity contribution in [1.29, 1.82) is 5.39 Å². The van der Waals surface area contributed by atoms with E-state index in [1.54, 1.807) is 18.2 Å². The highest BCUT2D eigenvalue weighted by molar-refractivity contribution is 7.87. The molecule has 0 aliphatic rings. The fourth-order valence-corrected chi connectivity index (χ4v) is 2.60. The van der Waals surface area contributed by atoms with Crippen LogP contribution in [0.3, 0.4) is 0 Å². The van der Waals surface area contributed by atoms with Crippen LogP contribution in [0.1, 0.15) is 0 Å². The smallest absolute Gasteiger partial charge is 0.426 e. The van der Waals surface area contributed by atoms with Crippen LogP contribution in [0.2, 0.25) is 0 Å². The number of ether oxygens (including phenoxy) is 1. The van der Waals surface area contributed by atoms with Gasteiger partial charge in [-0.3, -0.25) is 0 Å². The molecule has 0 aliphatic heterocycles. The predicted octanol–water partition coefficient (Wildman–Crippen LogP) is 2.78. The van der Waals surface area contributed by atoms with Gasteiger partial charge in [-0.2, -0.15) is 0 Å². The second kappa shape index (κ2) is 5.78. The third-order valence-corrected chi connectivity index (χ3v) is 3.59. The number of diazo groups is 1.